The Bertz CT molecular complexity index is 1070. The van der Waals surface area contributed by atoms with Crippen LogP contribution in [0.15, 0.2) is 66.4 Å². The zero-order chi connectivity index (χ0) is 26.0. The molecule has 2 aliphatic rings. The van der Waals surface area contributed by atoms with Gasteiger partial charge in [-0.1, -0.05) is 78.3 Å². The minimum Gasteiger partial charge on any atom is -0.382 e. The Morgan fingerprint density at radius 2 is 1.69 bits per heavy atom. The number of benzene rings is 1. The monoisotopic (exact) mass is 472 g/mol. The molecule has 2 heteroatoms. The number of allylic oxidation sites excluding steroid dienone is 5. The van der Waals surface area contributed by atoms with Crippen LogP contribution in [0.2, 0.25) is 0 Å². The van der Waals surface area contributed by atoms with E-state index in [0.29, 0.717) is 0 Å². The number of hydrogen-bond donors (Lipinski definition) is 2. The highest BCUT2D eigenvalue weighted by molar-refractivity contribution is 5.83. The van der Waals surface area contributed by atoms with Crippen molar-refractivity contribution < 1.29 is 0 Å². The lowest BCUT2D eigenvalue weighted by atomic mass is 9.62. The van der Waals surface area contributed by atoms with Crippen LogP contribution < -0.4 is 10.6 Å². The van der Waals surface area contributed by atoms with Crippen LogP contribution in [0.4, 0.5) is 5.69 Å². The van der Waals surface area contributed by atoms with Gasteiger partial charge in [0.2, 0.25) is 0 Å². The number of nitrogens with one attached hydrogen (secondary N) is 2. The van der Waals surface area contributed by atoms with Crippen molar-refractivity contribution in [2.24, 2.45) is 5.41 Å². The summed E-state index contributed by atoms with van der Waals surface area (Å²) in [6, 6.07) is 5.18. The normalized spacial score (nSPS) is 21.7. The average Bonchev–Trinajstić information content (AvgIpc) is 2.78. The molecule has 190 valence electrons. The number of fused-ring (bicyclic) bond motifs is 1. The molecule has 0 saturated heterocycles. The molecule has 35 heavy (non-hydrogen) atoms. The summed E-state index contributed by atoms with van der Waals surface area (Å²) in [7, 11) is 0. The summed E-state index contributed by atoms with van der Waals surface area (Å²) in [5.74, 6) is 0. The van der Waals surface area contributed by atoms with Crippen LogP contribution in [0.3, 0.4) is 0 Å². The van der Waals surface area contributed by atoms with E-state index in [-0.39, 0.29) is 22.3 Å². The van der Waals surface area contributed by atoms with Crippen LogP contribution >= 0.6 is 0 Å². The lowest BCUT2D eigenvalue weighted by Crippen LogP contribution is -2.34. The predicted molar refractivity (Wildman–Crippen MR) is 156 cm³/mol. The maximum absolute atomic E-state index is 3.99. The largest absolute Gasteiger partial charge is 0.382 e. The van der Waals surface area contributed by atoms with Gasteiger partial charge in [0, 0.05) is 23.5 Å². The summed E-state index contributed by atoms with van der Waals surface area (Å²) in [5.41, 5.74) is 9.93. The van der Waals surface area contributed by atoms with Crippen molar-refractivity contribution in [2.45, 2.75) is 98.4 Å². The van der Waals surface area contributed by atoms with Crippen molar-refractivity contribution in [3.63, 3.8) is 0 Å². The van der Waals surface area contributed by atoms with Gasteiger partial charge in [0.05, 0.1) is 6.04 Å². The van der Waals surface area contributed by atoms with Crippen molar-refractivity contribution in [1.82, 2.24) is 5.32 Å². The van der Waals surface area contributed by atoms with E-state index in [9.17, 15) is 0 Å². The standard InChI is InChI=1S/C33H48N2/c1-11-14-23(13-3)27-21-28-29(33(9,10)16-15-32(28,7)8)22-30(27)35-26-19-24(31(4,5)6)18-25(20-26)34-17-12-2/h11-14,18,20-22,26,34-35H,2,15-17,19H2,1,3-10H3/b14-11-,23-13+. The molecule has 0 heterocycles. The third-order valence-corrected chi connectivity index (χ3v) is 7.86. The summed E-state index contributed by atoms with van der Waals surface area (Å²) in [5, 5.41) is 7.52. The van der Waals surface area contributed by atoms with Crippen LogP contribution in [-0.4, -0.2) is 12.6 Å². The molecule has 0 amide bonds. The van der Waals surface area contributed by atoms with E-state index >= 15 is 0 Å². The molecule has 1 aromatic carbocycles. The fraction of sp³-hybridized carbons (Fsp3) is 0.515. The van der Waals surface area contributed by atoms with Gasteiger partial charge in [-0.25, -0.2) is 0 Å². The highest BCUT2D eigenvalue weighted by Gasteiger charge is 2.38. The molecule has 0 fully saturated rings. The molecule has 2 N–H and O–H groups in total. The Morgan fingerprint density at radius 1 is 1.06 bits per heavy atom. The predicted octanol–water partition coefficient (Wildman–Crippen LogP) is 8.83. The lowest BCUT2D eigenvalue weighted by molar-refractivity contribution is 0.332. The van der Waals surface area contributed by atoms with Crippen molar-refractivity contribution in [3.05, 3.63) is 83.1 Å². The van der Waals surface area contributed by atoms with E-state index in [2.05, 4.69) is 122 Å². The minimum atomic E-state index is 0.124. The Balaban J connectivity index is 2.13. The van der Waals surface area contributed by atoms with Crippen molar-refractivity contribution >= 4 is 11.3 Å². The fourth-order valence-corrected chi connectivity index (χ4v) is 5.42. The number of rotatable bonds is 7. The SMILES string of the molecule is C=CCNC1=CC(Nc2cc3c(cc2C(/C=C\C)=C/C)C(C)(C)CCC3(C)C)CC(C(C)(C)C)=C1. The van der Waals surface area contributed by atoms with Gasteiger partial charge in [-0.2, -0.15) is 0 Å². The third-order valence-electron chi connectivity index (χ3n) is 7.86. The first-order valence-electron chi connectivity index (χ1n) is 13.3. The van der Waals surface area contributed by atoms with Crippen molar-refractivity contribution in [3.8, 4) is 0 Å². The average molecular weight is 473 g/mol. The topological polar surface area (TPSA) is 24.1 Å². The van der Waals surface area contributed by atoms with Crippen LogP contribution in [0, 0.1) is 5.41 Å². The van der Waals surface area contributed by atoms with Gasteiger partial charge in [-0.15, -0.1) is 6.58 Å². The van der Waals surface area contributed by atoms with Crippen molar-refractivity contribution in [1.29, 1.82) is 0 Å². The highest BCUT2D eigenvalue weighted by atomic mass is 14.9. The van der Waals surface area contributed by atoms with Gasteiger partial charge in [0.1, 0.15) is 0 Å². The molecule has 0 aromatic heterocycles. The molecule has 0 bridgehead atoms. The summed E-state index contributed by atoms with van der Waals surface area (Å²) < 4.78 is 0. The first-order valence-corrected chi connectivity index (χ1v) is 13.3. The van der Waals surface area contributed by atoms with Gasteiger partial charge in [-0.3, -0.25) is 0 Å². The van der Waals surface area contributed by atoms with Gasteiger partial charge in [0.25, 0.3) is 0 Å². The molecular formula is C33H48N2. The molecule has 2 aliphatic carbocycles. The number of hydrogen-bond acceptors (Lipinski definition) is 2. The van der Waals surface area contributed by atoms with Gasteiger partial charge < -0.3 is 10.6 Å². The quantitative estimate of drug-likeness (QED) is 0.306. The maximum Gasteiger partial charge on any atom is 0.0504 e. The van der Waals surface area contributed by atoms with Crippen LogP contribution in [0.25, 0.3) is 5.57 Å². The van der Waals surface area contributed by atoms with Crippen molar-refractivity contribution in [2.75, 3.05) is 11.9 Å². The molecule has 1 atom stereocenters. The summed E-state index contributed by atoms with van der Waals surface area (Å²) in [4.78, 5) is 0. The summed E-state index contributed by atoms with van der Waals surface area (Å²) in [6.45, 7) is 25.5. The highest BCUT2D eigenvalue weighted by Crippen LogP contribution is 2.48. The van der Waals surface area contributed by atoms with E-state index in [1.165, 1.54) is 52.1 Å². The fourth-order valence-electron chi connectivity index (χ4n) is 5.42. The van der Waals surface area contributed by atoms with Gasteiger partial charge in [0.15, 0.2) is 0 Å². The van der Waals surface area contributed by atoms with Crippen LogP contribution in [0.1, 0.15) is 98.3 Å². The molecule has 0 radical (unpaired) electrons. The molecule has 1 unspecified atom stereocenters. The molecule has 1 aromatic rings. The Kier molecular flexibility index (Phi) is 7.94. The van der Waals surface area contributed by atoms with E-state index < -0.39 is 0 Å². The maximum atomic E-state index is 3.99. The molecule has 0 aliphatic heterocycles. The minimum absolute atomic E-state index is 0.124. The Labute approximate surface area is 215 Å². The number of anilines is 1. The van der Waals surface area contributed by atoms with Crippen LogP contribution in [0.5, 0.6) is 0 Å². The summed E-state index contributed by atoms with van der Waals surface area (Å²) in [6.07, 6.45) is 16.7. The first kappa shape index (κ1) is 27.1. The Morgan fingerprint density at radius 3 is 2.23 bits per heavy atom. The zero-order valence-electron chi connectivity index (χ0n) is 23.7. The van der Waals surface area contributed by atoms with E-state index in [4.69, 9.17) is 0 Å². The molecular weight excluding hydrogens is 424 g/mol. The van der Waals surface area contributed by atoms with E-state index in [0.717, 1.165) is 13.0 Å². The van der Waals surface area contributed by atoms with Crippen LogP contribution in [-0.2, 0) is 10.8 Å². The third kappa shape index (κ3) is 6.02. The second kappa shape index (κ2) is 10.2. The molecule has 3 rings (SSSR count). The second-order valence-electron chi connectivity index (χ2n) is 12.6. The van der Waals surface area contributed by atoms with Gasteiger partial charge >= 0.3 is 0 Å². The zero-order valence-corrected chi connectivity index (χ0v) is 23.7. The van der Waals surface area contributed by atoms with Gasteiger partial charge in [-0.05, 0) is 90.3 Å². The summed E-state index contributed by atoms with van der Waals surface area (Å²) >= 11 is 0. The van der Waals surface area contributed by atoms with E-state index in [1.807, 2.05) is 6.08 Å². The molecule has 0 saturated carbocycles. The second-order valence-corrected chi connectivity index (χ2v) is 12.6. The Hall–Kier alpha value is -2.48. The lowest BCUT2D eigenvalue weighted by Gasteiger charge is -2.43. The molecule has 0 spiro atoms. The molecule has 2 nitrogen and oxygen atoms in total. The van der Waals surface area contributed by atoms with E-state index in [1.54, 1.807) is 0 Å². The smallest absolute Gasteiger partial charge is 0.0504 e. The first-order chi connectivity index (χ1) is 16.3.